The van der Waals surface area contributed by atoms with Crippen LogP contribution in [0.15, 0.2) is 0 Å². The number of carbonyl (C=O) groups is 1. The van der Waals surface area contributed by atoms with E-state index in [1.807, 2.05) is 0 Å². The molecule has 3 rings (SSSR count). The van der Waals surface area contributed by atoms with E-state index in [1.54, 1.807) is 0 Å². The van der Waals surface area contributed by atoms with Crippen LogP contribution in [-0.2, 0) is 4.79 Å². The van der Waals surface area contributed by atoms with Gasteiger partial charge in [0.15, 0.2) is 0 Å². The molecule has 2 saturated carbocycles. The van der Waals surface area contributed by atoms with Crippen LogP contribution >= 0.6 is 0 Å². The first-order valence-electron chi connectivity index (χ1n) is 7.07. The van der Waals surface area contributed by atoms with Crippen molar-refractivity contribution in [1.82, 2.24) is 9.80 Å². The van der Waals surface area contributed by atoms with E-state index in [1.165, 1.54) is 19.3 Å². The highest BCUT2D eigenvalue weighted by Crippen LogP contribution is 2.54. The highest BCUT2D eigenvalue weighted by molar-refractivity contribution is 5.79. The normalized spacial score (nSPS) is 45.8. The van der Waals surface area contributed by atoms with Crippen molar-refractivity contribution >= 4 is 5.91 Å². The molecule has 3 heteroatoms. The summed E-state index contributed by atoms with van der Waals surface area (Å²) in [4.78, 5) is 17.0. The third kappa shape index (κ3) is 1.99. The second kappa shape index (κ2) is 3.98. The number of likely N-dealkylation sites (N-methyl/N-ethyl adjacent to an activating group) is 1. The molecule has 3 aliphatic rings. The van der Waals surface area contributed by atoms with Gasteiger partial charge in [-0.1, -0.05) is 0 Å². The lowest BCUT2D eigenvalue weighted by Crippen LogP contribution is -2.57. The lowest BCUT2D eigenvalue weighted by Gasteiger charge is -2.43. The summed E-state index contributed by atoms with van der Waals surface area (Å²) in [5.74, 6) is 2.63. The molecule has 1 saturated heterocycles. The Morgan fingerprint density at radius 3 is 2.06 bits per heavy atom. The van der Waals surface area contributed by atoms with Gasteiger partial charge in [-0.25, -0.2) is 0 Å². The minimum Gasteiger partial charge on any atom is -0.339 e. The summed E-state index contributed by atoms with van der Waals surface area (Å²) in [5, 5.41) is 0. The van der Waals surface area contributed by atoms with Gasteiger partial charge in [0.05, 0.1) is 0 Å². The van der Waals surface area contributed by atoms with E-state index < -0.39 is 0 Å². The van der Waals surface area contributed by atoms with Crippen LogP contribution in [0.4, 0.5) is 0 Å². The number of amides is 1. The summed E-state index contributed by atoms with van der Waals surface area (Å²) in [6.45, 7) is 6.29. The summed E-state index contributed by atoms with van der Waals surface area (Å²) in [6.07, 6.45) is 3.76. The van der Waals surface area contributed by atoms with Gasteiger partial charge in [-0.3, -0.25) is 9.69 Å². The fourth-order valence-corrected chi connectivity index (χ4v) is 3.76. The predicted molar refractivity (Wildman–Crippen MR) is 67.6 cm³/mol. The summed E-state index contributed by atoms with van der Waals surface area (Å²) in [6, 6.07) is 0.997. The third-order valence-electron chi connectivity index (χ3n) is 5.26. The van der Waals surface area contributed by atoms with E-state index in [0.29, 0.717) is 23.9 Å². The molecule has 1 heterocycles. The molecule has 0 aromatic rings. The molecule has 0 N–H and O–H groups in total. The molecule has 1 aliphatic heterocycles. The first-order chi connectivity index (χ1) is 8.06. The van der Waals surface area contributed by atoms with Crippen LogP contribution in [-0.4, -0.2) is 47.9 Å². The van der Waals surface area contributed by atoms with E-state index in [2.05, 4.69) is 30.7 Å². The van der Waals surface area contributed by atoms with Crippen LogP contribution in [0, 0.1) is 17.8 Å². The van der Waals surface area contributed by atoms with Crippen molar-refractivity contribution < 1.29 is 4.79 Å². The van der Waals surface area contributed by atoms with Crippen molar-refractivity contribution in [2.24, 2.45) is 17.8 Å². The maximum Gasteiger partial charge on any atom is 0.225 e. The smallest absolute Gasteiger partial charge is 0.225 e. The molecule has 0 spiro atoms. The molecule has 0 bridgehead atoms. The van der Waals surface area contributed by atoms with Crippen molar-refractivity contribution in [2.75, 3.05) is 20.1 Å². The van der Waals surface area contributed by atoms with E-state index in [9.17, 15) is 4.79 Å². The van der Waals surface area contributed by atoms with Gasteiger partial charge in [0.2, 0.25) is 5.91 Å². The van der Waals surface area contributed by atoms with Gasteiger partial charge in [-0.05, 0) is 52.0 Å². The number of rotatable bonds is 1. The van der Waals surface area contributed by atoms with Gasteiger partial charge in [-0.2, -0.15) is 0 Å². The second-order valence-electron chi connectivity index (χ2n) is 6.53. The summed E-state index contributed by atoms with van der Waals surface area (Å²) < 4.78 is 0. The number of hydrogen-bond donors (Lipinski definition) is 0. The summed E-state index contributed by atoms with van der Waals surface area (Å²) in [7, 11) is 2.17. The number of hydrogen-bond acceptors (Lipinski definition) is 2. The second-order valence-corrected chi connectivity index (χ2v) is 6.53. The molecule has 2 aliphatic carbocycles. The van der Waals surface area contributed by atoms with Gasteiger partial charge in [-0.15, -0.1) is 0 Å². The molecule has 0 radical (unpaired) electrons. The van der Waals surface area contributed by atoms with Gasteiger partial charge in [0, 0.05) is 31.1 Å². The van der Waals surface area contributed by atoms with Crippen LogP contribution in [0.5, 0.6) is 0 Å². The molecule has 17 heavy (non-hydrogen) atoms. The maximum absolute atomic E-state index is 12.5. The SMILES string of the molecule is CC1CN(C(=O)C2CC3CC3C2)CC(C)N1C. The Bertz CT molecular complexity index is 308. The van der Waals surface area contributed by atoms with E-state index in [-0.39, 0.29) is 0 Å². The number of carbonyl (C=O) groups excluding carboxylic acids is 1. The molecule has 3 fully saturated rings. The summed E-state index contributed by atoms with van der Waals surface area (Å²) in [5.41, 5.74) is 0. The zero-order valence-corrected chi connectivity index (χ0v) is 11.2. The quantitative estimate of drug-likeness (QED) is 0.690. The van der Waals surface area contributed by atoms with Crippen molar-refractivity contribution in [1.29, 1.82) is 0 Å². The average Bonchev–Trinajstić information content (AvgIpc) is 2.91. The van der Waals surface area contributed by atoms with E-state index >= 15 is 0 Å². The highest BCUT2D eigenvalue weighted by atomic mass is 16.2. The van der Waals surface area contributed by atoms with Crippen LogP contribution in [0.2, 0.25) is 0 Å². The van der Waals surface area contributed by atoms with Gasteiger partial charge >= 0.3 is 0 Å². The Morgan fingerprint density at radius 2 is 1.53 bits per heavy atom. The predicted octanol–water partition coefficient (Wildman–Crippen LogP) is 1.58. The minimum absolute atomic E-state index is 0.363. The van der Waals surface area contributed by atoms with Gasteiger partial charge in [0.25, 0.3) is 0 Å². The Morgan fingerprint density at radius 1 is 1.00 bits per heavy atom. The van der Waals surface area contributed by atoms with E-state index in [0.717, 1.165) is 24.9 Å². The molecule has 3 nitrogen and oxygen atoms in total. The van der Waals surface area contributed by atoms with Crippen LogP contribution < -0.4 is 0 Å². The van der Waals surface area contributed by atoms with Crippen molar-refractivity contribution in [2.45, 2.75) is 45.2 Å². The first kappa shape index (κ1) is 11.5. The molecule has 0 aromatic heterocycles. The van der Waals surface area contributed by atoms with Crippen molar-refractivity contribution in [3.63, 3.8) is 0 Å². The number of nitrogens with zero attached hydrogens (tertiary/aromatic N) is 2. The number of fused-ring (bicyclic) bond motifs is 1. The molecular formula is C14H24N2O. The fourth-order valence-electron chi connectivity index (χ4n) is 3.76. The maximum atomic E-state index is 12.5. The first-order valence-corrected chi connectivity index (χ1v) is 7.07. The number of piperazine rings is 1. The molecule has 96 valence electrons. The van der Waals surface area contributed by atoms with Crippen molar-refractivity contribution in [3.05, 3.63) is 0 Å². The molecule has 4 atom stereocenters. The Labute approximate surface area is 104 Å². The zero-order valence-electron chi connectivity index (χ0n) is 11.2. The average molecular weight is 236 g/mol. The fraction of sp³-hybridized carbons (Fsp3) is 0.929. The van der Waals surface area contributed by atoms with Crippen molar-refractivity contribution in [3.8, 4) is 0 Å². The van der Waals surface area contributed by atoms with Crippen LogP contribution in [0.3, 0.4) is 0 Å². The Balaban J connectivity index is 1.62. The minimum atomic E-state index is 0.363. The third-order valence-corrected chi connectivity index (χ3v) is 5.26. The van der Waals surface area contributed by atoms with E-state index in [4.69, 9.17) is 0 Å². The molecule has 1 amide bonds. The van der Waals surface area contributed by atoms with Crippen LogP contribution in [0.25, 0.3) is 0 Å². The summed E-state index contributed by atoms with van der Waals surface area (Å²) >= 11 is 0. The monoisotopic (exact) mass is 236 g/mol. The van der Waals surface area contributed by atoms with Crippen LogP contribution in [0.1, 0.15) is 33.1 Å². The van der Waals surface area contributed by atoms with Gasteiger partial charge in [0.1, 0.15) is 0 Å². The lowest BCUT2D eigenvalue weighted by atomic mass is 10.00. The topological polar surface area (TPSA) is 23.6 Å². The Hall–Kier alpha value is -0.570. The molecular weight excluding hydrogens is 212 g/mol. The standard InChI is InChI=1S/C14H24N2O/c1-9-7-16(8-10(2)15(9)3)14(17)13-5-11-4-12(11)6-13/h9-13H,4-8H2,1-3H3. The molecule has 0 aromatic carbocycles. The largest absolute Gasteiger partial charge is 0.339 e. The highest BCUT2D eigenvalue weighted by Gasteiger charge is 2.49. The zero-order chi connectivity index (χ0) is 12.2. The Kier molecular flexibility index (Phi) is 2.69. The lowest BCUT2D eigenvalue weighted by molar-refractivity contribution is -0.139. The molecule has 4 unspecified atom stereocenters. The van der Waals surface area contributed by atoms with Gasteiger partial charge < -0.3 is 4.90 Å².